The zero-order valence-electron chi connectivity index (χ0n) is 11.1. The summed E-state index contributed by atoms with van der Waals surface area (Å²) in [6, 6.07) is 5.30. The minimum Gasteiger partial charge on any atom is -0.384 e. The molecule has 0 spiro atoms. The van der Waals surface area contributed by atoms with Crippen LogP contribution in [0, 0.1) is 18.8 Å². The quantitative estimate of drug-likeness (QED) is 0.779. The Balaban J connectivity index is 2.92. The summed E-state index contributed by atoms with van der Waals surface area (Å²) in [4.78, 5) is 0. The molecule has 1 aromatic carbocycles. The molecule has 1 rings (SSSR count). The van der Waals surface area contributed by atoms with Crippen LogP contribution >= 0.6 is 0 Å². The first-order valence-corrected chi connectivity index (χ1v) is 7.42. The molecule has 0 amide bonds. The van der Waals surface area contributed by atoms with Crippen LogP contribution in [0.4, 0.5) is 5.69 Å². The van der Waals surface area contributed by atoms with E-state index >= 15 is 0 Å². The van der Waals surface area contributed by atoms with Crippen LogP contribution in [0.3, 0.4) is 0 Å². The van der Waals surface area contributed by atoms with Crippen molar-refractivity contribution in [3.05, 3.63) is 29.3 Å². The Kier molecular flexibility index (Phi) is 5.83. The Hall–Kier alpha value is -1.55. The second kappa shape index (κ2) is 7.14. The molecule has 0 saturated carbocycles. The number of aryl methyl sites for hydroxylation is 1. The summed E-state index contributed by atoms with van der Waals surface area (Å²) < 4.78 is 30.8. The molecule has 0 aliphatic carbocycles. The van der Waals surface area contributed by atoms with Crippen molar-refractivity contribution in [3.8, 4) is 11.8 Å². The van der Waals surface area contributed by atoms with Gasteiger partial charge in [-0.15, -0.1) is 0 Å². The third kappa shape index (κ3) is 5.75. The molecule has 3 N–H and O–H groups in total. The second-order valence-electron chi connectivity index (χ2n) is 4.01. The van der Waals surface area contributed by atoms with Gasteiger partial charge in [0.15, 0.2) is 0 Å². The van der Waals surface area contributed by atoms with Gasteiger partial charge in [-0.25, -0.2) is 8.42 Å². The zero-order chi connectivity index (χ0) is 14.3. The number of methoxy groups -OCH3 is 1. The van der Waals surface area contributed by atoms with E-state index in [2.05, 4.69) is 16.6 Å². The van der Waals surface area contributed by atoms with E-state index in [-0.39, 0.29) is 18.9 Å². The number of benzene rings is 1. The summed E-state index contributed by atoms with van der Waals surface area (Å²) in [6.45, 7) is 2.30. The fourth-order valence-electron chi connectivity index (χ4n) is 1.49. The molecule has 5 nitrogen and oxygen atoms in total. The maximum absolute atomic E-state index is 11.7. The maximum Gasteiger partial charge on any atom is 0.235 e. The molecule has 0 bridgehead atoms. The van der Waals surface area contributed by atoms with Crippen molar-refractivity contribution in [3.63, 3.8) is 0 Å². The van der Waals surface area contributed by atoms with Gasteiger partial charge in [0, 0.05) is 18.4 Å². The average molecular weight is 282 g/mol. The van der Waals surface area contributed by atoms with Crippen molar-refractivity contribution in [1.29, 1.82) is 0 Å². The third-order valence-electron chi connectivity index (χ3n) is 2.24. The van der Waals surface area contributed by atoms with Gasteiger partial charge in [-0.05, 0) is 30.7 Å². The molecule has 0 unspecified atom stereocenters. The van der Waals surface area contributed by atoms with Crippen LogP contribution in [0.25, 0.3) is 0 Å². The molecule has 1 aromatic rings. The van der Waals surface area contributed by atoms with Gasteiger partial charge in [0.1, 0.15) is 0 Å². The van der Waals surface area contributed by atoms with Crippen molar-refractivity contribution in [2.45, 2.75) is 6.92 Å². The topological polar surface area (TPSA) is 81.4 Å². The fourth-order valence-corrected chi connectivity index (χ4v) is 2.46. The summed E-state index contributed by atoms with van der Waals surface area (Å²) in [5.41, 5.74) is 7.46. The monoisotopic (exact) mass is 282 g/mol. The number of hydrogen-bond acceptors (Lipinski definition) is 4. The van der Waals surface area contributed by atoms with Crippen molar-refractivity contribution in [2.75, 3.05) is 30.7 Å². The number of nitrogens with one attached hydrogen (secondary N) is 1. The molecule has 0 aliphatic heterocycles. The van der Waals surface area contributed by atoms with Gasteiger partial charge in [-0.2, -0.15) is 0 Å². The standard InChI is InChI=1S/C13H18N2O3S/c1-11-8-12(4-3-5-14)10-13(9-11)15-19(16,17)7-6-18-2/h8-10,15H,5-7,14H2,1-2H3. The summed E-state index contributed by atoms with van der Waals surface area (Å²) in [6.07, 6.45) is 0. The molecule has 0 fully saturated rings. The van der Waals surface area contributed by atoms with E-state index in [1.165, 1.54) is 7.11 Å². The van der Waals surface area contributed by atoms with Crippen LogP contribution in [0.2, 0.25) is 0 Å². The van der Waals surface area contributed by atoms with Crippen molar-refractivity contribution < 1.29 is 13.2 Å². The molecular formula is C13H18N2O3S. The molecule has 0 saturated heterocycles. The number of sulfonamides is 1. The lowest BCUT2D eigenvalue weighted by Gasteiger charge is -2.09. The number of ether oxygens (including phenoxy) is 1. The minimum absolute atomic E-state index is 0.0821. The van der Waals surface area contributed by atoms with Gasteiger partial charge in [-0.3, -0.25) is 4.72 Å². The van der Waals surface area contributed by atoms with Crippen LogP contribution in [-0.4, -0.2) is 34.4 Å². The first-order chi connectivity index (χ1) is 8.96. The second-order valence-corrected chi connectivity index (χ2v) is 5.85. The highest BCUT2D eigenvalue weighted by atomic mass is 32.2. The van der Waals surface area contributed by atoms with Crippen molar-refractivity contribution in [1.82, 2.24) is 0 Å². The summed E-state index contributed by atoms with van der Waals surface area (Å²) >= 11 is 0. The van der Waals surface area contributed by atoms with Crippen molar-refractivity contribution >= 4 is 15.7 Å². The van der Waals surface area contributed by atoms with E-state index in [0.29, 0.717) is 5.69 Å². The molecule has 0 heterocycles. The molecule has 0 aromatic heterocycles. The highest BCUT2D eigenvalue weighted by molar-refractivity contribution is 7.92. The van der Waals surface area contributed by atoms with Gasteiger partial charge in [0.25, 0.3) is 0 Å². The fraction of sp³-hybridized carbons (Fsp3) is 0.385. The summed E-state index contributed by atoms with van der Waals surface area (Å²) in [5.74, 6) is 5.53. The lowest BCUT2D eigenvalue weighted by molar-refractivity contribution is 0.217. The Morgan fingerprint density at radius 1 is 1.37 bits per heavy atom. The molecule has 0 aliphatic rings. The highest BCUT2D eigenvalue weighted by Gasteiger charge is 2.10. The lowest BCUT2D eigenvalue weighted by Crippen LogP contribution is -2.19. The minimum atomic E-state index is -3.40. The van der Waals surface area contributed by atoms with Crippen LogP contribution in [0.15, 0.2) is 18.2 Å². The predicted octanol–water partition coefficient (Wildman–Crippen LogP) is 0.693. The van der Waals surface area contributed by atoms with Gasteiger partial charge < -0.3 is 10.5 Å². The first kappa shape index (κ1) is 15.5. The van der Waals surface area contributed by atoms with Crippen LogP contribution < -0.4 is 10.5 Å². The number of hydrogen-bond donors (Lipinski definition) is 2. The van der Waals surface area contributed by atoms with Crippen molar-refractivity contribution in [2.24, 2.45) is 5.73 Å². The van der Waals surface area contributed by atoms with E-state index in [4.69, 9.17) is 10.5 Å². The molecule has 6 heteroatoms. The Morgan fingerprint density at radius 3 is 2.74 bits per heavy atom. The van der Waals surface area contributed by atoms with E-state index < -0.39 is 10.0 Å². The third-order valence-corrected chi connectivity index (χ3v) is 3.49. The van der Waals surface area contributed by atoms with Crippen LogP contribution in [0.5, 0.6) is 0 Å². The van der Waals surface area contributed by atoms with Gasteiger partial charge in [0.05, 0.1) is 18.9 Å². The van der Waals surface area contributed by atoms with E-state index in [1.807, 2.05) is 13.0 Å². The highest BCUT2D eigenvalue weighted by Crippen LogP contribution is 2.15. The van der Waals surface area contributed by atoms with E-state index in [0.717, 1.165) is 11.1 Å². The van der Waals surface area contributed by atoms with Gasteiger partial charge >= 0.3 is 0 Å². The number of anilines is 1. The zero-order valence-corrected chi connectivity index (χ0v) is 11.9. The first-order valence-electron chi connectivity index (χ1n) is 5.77. The molecule has 104 valence electrons. The Labute approximate surface area is 114 Å². The Bertz CT molecular complexity index is 586. The van der Waals surface area contributed by atoms with Gasteiger partial charge in [-0.1, -0.05) is 11.8 Å². The summed E-state index contributed by atoms with van der Waals surface area (Å²) in [7, 11) is -1.94. The largest absolute Gasteiger partial charge is 0.384 e. The molecule has 19 heavy (non-hydrogen) atoms. The SMILES string of the molecule is COCCS(=O)(=O)Nc1cc(C)cc(C#CCN)c1. The predicted molar refractivity (Wildman–Crippen MR) is 76.4 cm³/mol. The average Bonchev–Trinajstić information content (AvgIpc) is 2.32. The smallest absolute Gasteiger partial charge is 0.235 e. The normalized spacial score (nSPS) is 10.7. The van der Waals surface area contributed by atoms with E-state index in [1.54, 1.807) is 12.1 Å². The Morgan fingerprint density at radius 2 is 2.11 bits per heavy atom. The molecule has 0 atom stereocenters. The van der Waals surface area contributed by atoms with Crippen LogP contribution in [0.1, 0.15) is 11.1 Å². The van der Waals surface area contributed by atoms with Gasteiger partial charge in [0.2, 0.25) is 10.0 Å². The maximum atomic E-state index is 11.7. The van der Waals surface area contributed by atoms with Crippen LogP contribution in [-0.2, 0) is 14.8 Å². The number of nitrogens with two attached hydrogens (primary N) is 1. The summed E-state index contributed by atoms with van der Waals surface area (Å²) in [5, 5.41) is 0. The molecular weight excluding hydrogens is 264 g/mol. The molecule has 0 radical (unpaired) electrons. The number of rotatable bonds is 5. The lowest BCUT2D eigenvalue weighted by atomic mass is 10.1. The van der Waals surface area contributed by atoms with E-state index in [9.17, 15) is 8.42 Å².